The Morgan fingerprint density at radius 1 is 1.19 bits per heavy atom. The molecule has 26 heavy (non-hydrogen) atoms. The number of likely N-dealkylation sites (tertiary alicyclic amines) is 1. The van der Waals surface area contributed by atoms with Gasteiger partial charge in [0.25, 0.3) is 0 Å². The first kappa shape index (κ1) is 17.1. The van der Waals surface area contributed by atoms with Gasteiger partial charge in [-0.1, -0.05) is 41.6 Å². The normalized spacial score (nSPS) is 21.5. The predicted octanol–water partition coefficient (Wildman–Crippen LogP) is 2.18. The summed E-state index contributed by atoms with van der Waals surface area (Å²) >= 11 is 0. The van der Waals surface area contributed by atoms with Crippen molar-refractivity contribution in [3.63, 3.8) is 0 Å². The summed E-state index contributed by atoms with van der Waals surface area (Å²) in [6, 6.07) is 13.9. The molecule has 3 aromatic rings. The van der Waals surface area contributed by atoms with E-state index in [-0.39, 0.29) is 12.1 Å². The maximum absolute atomic E-state index is 11.5. The lowest BCUT2D eigenvalue weighted by Gasteiger charge is -2.14. The average Bonchev–Trinajstić information content (AvgIpc) is 3.19. The van der Waals surface area contributed by atoms with Gasteiger partial charge in [-0.3, -0.25) is 4.90 Å². The third kappa shape index (κ3) is 3.48. The highest BCUT2D eigenvalue weighted by atomic mass is 32.2. The summed E-state index contributed by atoms with van der Waals surface area (Å²) in [5.41, 5.74) is 0.894. The van der Waals surface area contributed by atoms with Gasteiger partial charge in [0.1, 0.15) is 0 Å². The third-order valence-electron chi connectivity index (χ3n) is 4.66. The first-order valence-electron chi connectivity index (χ1n) is 8.39. The molecule has 2 aromatic carbocycles. The van der Waals surface area contributed by atoms with Crippen LogP contribution in [0.2, 0.25) is 0 Å². The molecule has 1 aliphatic rings. The van der Waals surface area contributed by atoms with Crippen LogP contribution in [0.1, 0.15) is 18.4 Å². The Bertz CT molecular complexity index is 1050. The van der Waals surface area contributed by atoms with E-state index in [1.165, 1.54) is 6.26 Å². The molecule has 1 aliphatic heterocycles. The Morgan fingerprint density at radius 3 is 2.73 bits per heavy atom. The fourth-order valence-corrected chi connectivity index (χ4v) is 4.27. The second kappa shape index (κ2) is 6.46. The van der Waals surface area contributed by atoms with Gasteiger partial charge in [0, 0.05) is 18.2 Å². The van der Waals surface area contributed by atoms with Crippen molar-refractivity contribution < 1.29 is 12.9 Å². The summed E-state index contributed by atoms with van der Waals surface area (Å²) in [6.45, 7) is 0.603. The van der Waals surface area contributed by atoms with E-state index in [9.17, 15) is 8.42 Å². The van der Waals surface area contributed by atoms with Crippen LogP contribution in [-0.2, 0) is 10.0 Å². The highest BCUT2D eigenvalue weighted by molar-refractivity contribution is 7.88. The molecule has 0 bridgehead atoms. The van der Waals surface area contributed by atoms with Crippen molar-refractivity contribution in [3.05, 3.63) is 48.4 Å². The van der Waals surface area contributed by atoms with Gasteiger partial charge >= 0.3 is 0 Å². The number of nitrogens with one attached hydrogen (secondary N) is 1. The maximum atomic E-state index is 11.5. The number of nitrogens with zero attached hydrogens (tertiary/aromatic N) is 3. The van der Waals surface area contributed by atoms with Crippen LogP contribution in [-0.4, -0.2) is 49.3 Å². The maximum Gasteiger partial charge on any atom is 0.244 e. The highest BCUT2D eigenvalue weighted by Gasteiger charge is 2.35. The minimum atomic E-state index is -3.24. The fourth-order valence-electron chi connectivity index (χ4n) is 3.49. The number of hydrogen-bond acceptors (Lipinski definition) is 6. The van der Waals surface area contributed by atoms with Gasteiger partial charge in [-0.25, -0.2) is 13.1 Å². The smallest absolute Gasteiger partial charge is 0.244 e. The van der Waals surface area contributed by atoms with E-state index in [2.05, 4.69) is 20.9 Å². The van der Waals surface area contributed by atoms with Crippen molar-refractivity contribution in [3.8, 4) is 11.4 Å². The molecule has 7 nitrogen and oxygen atoms in total. The molecule has 4 rings (SSSR count). The van der Waals surface area contributed by atoms with Crippen molar-refractivity contribution in [1.82, 2.24) is 19.8 Å². The SMILES string of the molecule is CN1CC(NS(C)(=O)=O)CC1c1nc(-c2ccc3ccccc3c2)no1. The van der Waals surface area contributed by atoms with E-state index in [0.717, 1.165) is 16.3 Å². The summed E-state index contributed by atoms with van der Waals surface area (Å²) in [5, 5.41) is 6.40. The van der Waals surface area contributed by atoms with Crippen LogP contribution in [0.3, 0.4) is 0 Å². The lowest BCUT2D eigenvalue weighted by molar-refractivity contribution is 0.244. The number of likely N-dealkylation sites (N-methyl/N-ethyl adjacent to an activating group) is 1. The molecule has 0 radical (unpaired) electrons. The monoisotopic (exact) mass is 372 g/mol. The molecular weight excluding hydrogens is 352 g/mol. The molecule has 0 spiro atoms. The minimum absolute atomic E-state index is 0.101. The van der Waals surface area contributed by atoms with Crippen molar-refractivity contribution in [2.45, 2.75) is 18.5 Å². The Hall–Kier alpha value is -2.29. The summed E-state index contributed by atoms with van der Waals surface area (Å²) in [5.74, 6) is 1.05. The zero-order valence-electron chi connectivity index (χ0n) is 14.6. The molecule has 136 valence electrons. The largest absolute Gasteiger partial charge is 0.337 e. The van der Waals surface area contributed by atoms with Gasteiger partial charge in [-0.05, 0) is 30.3 Å². The topological polar surface area (TPSA) is 88.3 Å². The summed E-state index contributed by atoms with van der Waals surface area (Å²) < 4.78 is 31.0. The van der Waals surface area contributed by atoms with E-state index in [1.54, 1.807) is 0 Å². The number of fused-ring (bicyclic) bond motifs is 1. The molecule has 2 atom stereocenters. The molecule has 2 unspecified atom stereocenters. The number of sulfonamides is 1. The van der Waals surface area contributed by atoms with Crippen LogP contribution in [0.5, 0.6) is 0 Å². The number of rotatable bonds is 4. The van der Waals surface area contributed by atoms with E-state index in [4.69, 9.17) is 4.52 Å². The van der Waals surface area contributed by atoms with Crippen LogP contribution < -0.4 is 4.72 Å². The third-order valence-corrected chi connectivity index (χ3v) is 5.42. The minimum Gasteiger partial charge on any atom is -0.337 e. The molecule has 8 heteroatoms. The summed E-state index contributed by atoms with van der Waals surface area (Å²) in [7, 11) is -1.31. The zero-order valence-corrected chi connectivity index (χ0v) is 15.4. The van der Waals surface area contributed by atoms with Gasteiger partial charge < -0.3 is 4.52 Å². The van der Waals surface area contributed by atoms with Crippen LogP contribution in [0.25, 0.3) is 22.2 Å². The molecule has 0 saturated carbocycles. The summed E-state index contributed by atoms with van der Waals surface area (Å²) in [4.78, 5) is 6.58. The second-order valence-electron chi connectivity index (χ2n) is 6.80. The molecule has 1 aromatic heterocycles. The van der Waals surface area contributed by atoms with Gasteiger partial charge in [0.2, 0.25) is 21.7 Å². The van der Waals surface area contributed by atoms with Gasteiger partial charge in [-0.15, -0.1) is 0 Å². The van der Waals surface area contributed by atoms with Crippen molar-refractivity contribution >= 4 is 20.8 Å². The van der Waals surface area contributed by atoms with Crippen LogP contribution in [0.4, 0.5) is 0 Å². The Kier molecular flexibility index (Phi) is 4.26. The average molecular weight is 372 g/mol. The van der Waals surface area contributed by atoms with Crippen LogP contribution in [0, 0.1) is 0 Å². The van der Waals surface area contributed by atoms with Crippen molar-refractivity contribution in [2.75, 3.05) is 19.8 Å². The fraction of sp³-hybridized carbons (Fsp3) is 0.333. The van der Waals surface area contributed by atoms with Gasteiger partial charge in [-0.2, -0.15) is 4.98 Å². The molecule has 0 aliphatic carbocycles. The lowest BCUT2D eigenvalue weighted by Crippen LogP contribution is -2.35. The summed E-state index contributed by atoms with van der Waals surface area (Å²) in [6.07, 6.45) is 1.77. The first-order chi connectivity index (χ1) is 12.4. The Morgan fingerprint density at radius 2 is 1.96 bits per heavy atom. The van der Waals surface area contributed by atoms with Crippen molar-refractivity contribution in [1.29, 1.82) is 0 Å². The number of benzene rings is 2. The molecule has 0 amide bonds. The van der Waals surface area contributed by atoms with Gasteiger partial charge in [0.05, 0.1) is 12.3 Å². The second-order valence-corrected chi connectivity index (χ2v) is 8.58. The molecular formula is C18H20N4O3S. The molecule has 1 fully saturated rings. The van der Waals surface area contributed by atoms with Gasteiger partial charge in [0.15, 0.2) is 0 Å². The van der Waals surface area contributed by atoms with E-state index >= 15 is 0 Å². The highest BCUT2D eigenvalue weighted by Crippen LogP contribution is 2.31. The Labute approximate surface area is 152 Å². The van der Waals surface area contributed by atoms with E-state index in [1.807, 2.05) is 48.3 Å². The van der Waals surface area contributed by atoms with E-state index < -0.39 is 10.0 Å². The lowest BCUT2D eigenvalue weighted by atomic mass is 10.1. The quantitative estimate of drug-likeness (QED) is 0.755. The first-order valence-corrected chi connectivity index (χ1v) is 10.3. The molecule has 2 heterocycles. The number of aromatic nitrogens is 2. The van der Waals surface area contributed by atoms with Crippen LogP contribution >= 0.6 is 0 Å². The van der Waals surface area contributed by atoms with Crippen LogP contribution in [0.15, 0.2) is 47.0 Å². The van der Waals surface area contributed by atoms with E-state index in [0.29, 0.717) is 24.7 Å². The predicted molar refractivity (Wildman–Crippen MR) is 99.0 cm³/mol. The number of hydrogen-bond donors (Lipinski definition) is 1. The van der Waals surface area contributed by atoms with Crippen molar-refractivity contribution in [2.24, 2.45) is 0 Å². The Balaban J connectivity index is 1.57. The molecule has 1 saturated heterocycles. The zero-order chi connectivity index (χ0) is 18.3. The molecule has 1 N–H and O–H groups in total. The standard InChI is InChI=1S/C18H20N4O3S/c1-22-11-15(21-26(2,23)24)10-16(22)18-19-17(20-25-18)14-8-7-12-5-3-4-6-13(12)9-14/h3-9,15-16,21H,10-11H2,1-2H3.